The van der Waals surface area contributed by atoms with Gasteiger partial charge in [-0.15, -0.1) is 0 Å². The first kappa shape index (κ1) is 38.0. The number of ether oxygens (including phenoxy) is 1. The number of fused-ring (bicyclic) bond motifs is 2. The van der Waals surface area contributed by atoms with Gasteiger partial charge in [0.1, 0.15) is 18.8 Å². The average molecular weight is 717 g/mol. The molecule has 49 heavy (non-hydrogen) atoms. The highest BCUT2D eigenvalue weighted by Gasteiger charge is 2.43. The van der Waals surface area contributed by atoms with E-state index in [1.807, 2.05) is 60.9 Å². The van der Waals surface area contributed by atoms with Crippen molar-refractivity contribution >= 4 is 38.0 Å². The number of hydrogen-bond acceptors (Lipinski definition) is 9. The third-order valence-corrected chi connectivity index (χ3v) is 10.5. The van der Waals surface area contributed by atoms with E-state index >= 15 is 0 Å². The maximum absolute atomic E-state index is 12.1. The second-order valence-corrected chi connectivity index (χ2v) is 15.2. The minimum Gasteiger partial charge on any atom is -0.748 e. The molecule has 2 heterocycles. The molecule has 0 radical (unpaired) electrons. The van der Waals surface area contributed by atoms with Crippen molar-refractivity contribution in [1.29, 1.82) is 0 Å². The van der Waals surface area contributed by atoms with E-state index in [2.05, 4.69) is 4.90 Å². The molecule has 14 heteroatoms. The molecule has 0 amide bonds. The fourth-order valence-corrected chi connectivity index (χ4v) is 7.32. The number of carboxylic acid groups (broad SMARTS) is 1. The molecular formula is C35H44N2O10S2. The molecule has 2 aliphatic heterocycles. The first-order valence-electron chi connectivity index (χ1n) is 16.2. The van der Waals surface area contributed by atoms with Crippen LogP contribution in [0.15, 0.2) is 75.9 Å². The van der Waals surface area contributed by atoms with Crippen molar-refractivity contribution < 1.29 is 45.0 Å². The van der Waals surface area contributed by atoms with Gasteiger partial charge in [0.15, 0.2) is 0 Å². The normalized spacial score (nSPS) is 18.1. The molecule has 12 nitrogen and oxygen atoms in total. The summed E-state index contributed by atoms with van der Waals surface area (Å²) in [5.41, 5.74) is 3.53. The van der Waals surface area contributed by atoms with Gasteiger partial charge in [0.25, 0.3) is 10.1 Å². The Bertz CT molecular complexity index is 1970. The number of nitrogens with zero attached hydrogens (tertiary/aromatic N) is 2. The number of carboxylic acids is 1. The molecule has 0 spiro atoms. The first-order chi connectivity index (χ1) is 23.2. The SMILES string of the molecule is CC[N+](CCCS(=O)(=O)[O-])=c1ccc2c(/C=C/C=C3/N(CCCCCC(=O)O)c4ccc(S(=O)(=O)O)cc4C3(C)CCOC)ccoc-2c1. The summed E-state index contributed by atoms with van der Waals surface area (Å²) in [7, 11) is -7.13. The molecule has 2 N–H and O–H groups in total. The Morgan fingerprint density at radius 2 is 1.86 bits per heavy atom. The Hall–Kier alpha value is -3.82. The van der Waals surface area contributed by atoms with Gasteiger partial charge in [-0.05, 0) is 80.6 Å². The van der Waals surface area contributed by atoms with E-state index in [1.54, 1.807) is 19.4 Å². The molecule has 4 rings (SSSR count). The third-order valence-electron chi connectivity index (χ3n) is 8.90. The predicted octanol–water partition coefficient (Wildman–Crippen LogP) is 4.72. The number of allylic oxidation sites excluding steroid dienone is 3. The summed E-state index contributed by atoms with van der Waals surface area (Å²) < 4.78 is 80.5. The van der Waals surface area contributed by atoms with Gasteiger partial charge in [0.2, 0.25) is 5.36 Å². The molecule has 0 fully saturated rings. The molecule has 0 bridgehead atoms. The molecule has 1 aromatic rings. The van der Waals surface area contributed by atoms with Crippen molar-refractivity contribution in [2.24, 2.45) is 0 Å². The van der Waals surface area contributed by atoms with Gasteiger partial charge < -0.3 is 23.7 Å². The number of carbonyl (C=O) groups is 1. The van der Waals surface area contributed by atoms with Gasteiger partial charge in [0.05, 0.1) is 27.3 Å². The van der Waals surface area contributed by atoms with Gasteiger partial charge in [-0.2, -0.15) is 8.42 Å². The van der Waals surface area contributed by atoms with Crippen molar-refractivity contribution in [1.82, 2.24) is 4.58 Å². The highest BCUT2D eigenvalue weighted by molar-refractivity contribution is 7.86. The van der Waals surface area contributed by atoms with Crippen molar-refractivity contribution in [3.63, 3.8) is 0 Å². The lowest BCUT2D eigenvalue weighted by atomic mass is 9.78. The summed E-state index contributed by atoms with van der Waals surface area (Å²) in [5.74, 6) is -0.636. The Labute approximate surface area is 287 Å². The largest absolute Gasteiger partial charge is 0.748 e. The molecule has 3 aliphatic rings. The fraction of sp³-hybridized carbons (Fsp3) is 0.429. The summed E-state index contributed by atoms with van der Waals surface area (Å²) in [6.07, 6.45) is 10.3. The van der Waals surface area contributed by atoms with Crippen LogP contribution in [0.3, 0.4) is 0 Å². The van der Waals surface area contributed by atoms with Crippen LogP contribution >= 0.6 is 0 Å². The van der Waals surface area contributed by atoms with Crippen molar-refractivity contribution in [2.45, 2.75) is 62.7 Å². The molecule has 1 aliphatic carbocycles. The molecule has 1 aromatic carbocycles. The van der Waals surface area contributed by atoms with E-state index in [-0.39, 0.29) is 17.7 Å². The number of aliphatic carboxylic acids is 1. The Morgan fingerprint density at radius 1 is 1.08 bits per heavy atom. The van der Waals surface area contributed by atoms with E-state index in [9.17, 15) is 30.7 Å². The molecule has 0 saturated carbocycles. The number of hydrogen-bond donors (Lipinski definition) is 2. The van der Waals surface area contributed by atoms with Crippen LogP contribution in [0.2, 0.25) is 0 Å². The number of rotatable bonds is 17. The average Bonchev–Trinajstić information content (AvgIpc) is 3.27. The van der Waals surface area contributed by atoms with E-state index in [0.717, 1.165) is 33.4 Å². The van der Waals surface area contributed by atoms with Crippen LogP contribution in [0.25, 0.3) is 17.4 Å². The molecule has 266 valence electrons. The third kappa shape index (κ3) is 9.67. The van der Waals surface area contributed by atoms with Crippen molar-refractivity contribution in [2.75, 3.05) is 44.0 Å². The van der Waals surface area contributed by atoms with Gasteiger partial charge in [-0.25, -0.2) is 13.0 Å². The minimum atomic E-state index is -4.44. The summed E-state index contributed by atoms with van der Waals surface area (Å²) in [5, 5.41) is 9.90. The van der Waals surface area contributed by atoms with Gasteiger partial charge in [-0.1, -0.05) is 18.6 Å². The summed E-state index contributed by atoms with van der Waals surface area (Å²) >= 11 is 0. The lowest BCUT2D eigenvalue weighted by Crippen LogP contribution is -2.31. The molecule has 0 aromatic heterocycles. The summed E-state index contributed by atoms with van der Waals surface area (Å²) in [4.78, 5) is 13.0. The van der Waals surface area contributed by atoms with E-state index in [4.69, 9.17) is 14.3 Å². The minimum absolute atomic E-state index is 0.0896. The zero-order chi connectivity index (χ0) is 35.8. The number of unbranched alkanes of at least 4 members (excludes halogenated alkanes) is 2. The van der Waals surface area contributed by atoms with Crippen LogP contribution in [0.5, 0.6) is 0 Å². The Kier molecular flexibility index (Phi) is 12.6. The zero-order valence-corrected chi connectivity index (χ0v) is 29.6. The zero-order valence-electron chi connectivity index (χ0n) is 28.0. The molecule has 1 unspecified atom stereocenters. The number of anilines is 1. The topological polar surface area (TPSA) is 177 Å². The highest BCUT2D eigenvalue weighted by atomic mass is 32.2. The van der Waals surface area contributed by atoms with Crippen LogP contribution in [0.4, 0.5) is 5.69 Å². The number of benzene rings is 2. The fourth-order valence-electron chi connectivity index (χ4n) is 6.33. The Balaban J connectivity index is 1.72. The van der Waals surface area contributed by atoms with Crippen LogP contribution in [-0.2, 0) is 35.2 Å². The van der Waals surface area contributed by atoms with E-state index < -0.39 is 37.4 Å². The quantitative estimate of drug-likeness (QED) is 0.112. The van der Waals surface area contributed by atoms with Crippen molar-refractivity contribution in [3.8, 4) is 11.3 Å². The van der Waals surface area contributed by atoms with Gasteiger partial charge in [0, 0.05) is 67.3 Å². The van der Waals surface area contributed by atoms with Crippen LogP contribution in [0, 0.1) is 0 Å². The van der Waals surface area contributed by atoms with Gasteiger partial charge >= 0.3 is 5.97 Å². The highest BCUT2D eigenvalue weighted by Crippen LogP contribution is 2.50. The maximum atomic E-state index is 12.1. The lowest BCUT2D eigenvalue weighted by Gasteiger charge is -2.30. The van der Waals surface area contributed by atoms with Crippen LogP contribution in [-0.4, -0.2) is 76.1 Å². The second-order valence-electron chi connectivity index (χ2n) is 12.2. The monoisotopic (exact) mass is 716 g/mol. The van der Waals surface area contributed by atoms with Crippen LogP contribution < -0.4 is 14.8 Å². The summed E-state index contributed by atoms with van der Waals surface area (Å²) in [6.45, 7) is 5.96. The van der Waals surface area contributed by atoms with E-state index in [1.165, 1.54) is 12.1 Å². The molecule has 0 saturated heterocycles. The van der Waals surface area contributed by atoms with Crippen LogP contribution in [0.1, 0.15) is 63.5 Å². The van der Waals surface area contributed by atoms with Gasteiger partial charge in [-0.3, -0.25) is 9.35 Å². The smallest absolute Gasteiger partial charge is 0.303 e. The summed E-state index contributed by atoms with van der Waals surface area (Å²) in [6, 6.07) is 12.2. The standard InChI is InChI=1S/C35H44N2O10S2/c1-4-36(19-9-23-48(40,41)42)27-13-15-29-26(17-21-47-32(29)24-27)10-8-11-33-35(2,18-22-46-3)30-25-28(49(43,44)45)14-16-31(30)37(33)20-7-5-6-12-34(38)39/h8,10-11,13-17,21,24-25H,4-7,9,12,18-20,22-23H2,1-3H3,(H2-,38,39,40,41,42,43,44,45). The first-order valence-corrected chi connectivity index (χ1v) is 19.2. The van der Waals surface area contributed by atoms with E-state index in [0.29, 0.717) is 57.7 Å². The van der Waals surface area contributed by atoms with Crippen molar-refractivity contribution in [3.05, 3.63) is 83.1 Å². The maximum Gasteiger partial charge on any atom is 0.303 e. The Morgan fingerprint density at radius 3 is 2.53 bits per heavy atom. The number of methoxy groups -OCH3 is 1. The molecular weight excluding hydrogens is 673 g/mol. The second kappa shape index (κ2) is 16.3. The predicted molar refractivity (Wildman–Crippen MR) is 186 cm³/mol. The molecule has 1 atom stereocenters. The lowest BCUT2D eigenvalue weighted by molar-refractivity contribution is -0.137.